The van der Waals surface area contributed by atoms with Crippen LogP contribution in [0.25, 0.3) is 0 Å². The average Bonchev–Trinajstić information content (AvgIpc) is 2.69. The van der Waals surface area contributed by atoms with Crippen LogP contribution in [0.2, 0.25) is 0 Å². The van der Waals surface area contributed by atoms with Crippen LogP contribution in [0, 0.1) is 0 Å². The van der Waals surface area contributed by atoms with Crippen molar-refractivity contribution in [3.63, 3.8) is 0 Å². The van der Waals surface area contributed by atoms with E-state index in [0.717, 1.165) is 28.4 Å². The minimum absolute atomic E-state index is 0.253. The second-order valence-corrected chi connectivity index (χ2v) is 5.73. The number of urea groups is 1. The summed E-state index contributed by atoms with van der Waals surface area (Å²) in [7, 11) is 1.62. The predicted molar refractivity (Wildman–Crippen MR) is 105 cm³/mol. The predicted octanol–water partition coefficient (Wildman–Crippen LogP) is 4.76. The van der Waals surface area contributed by atoms with Gasteiger partial charge in [0.1, 0.15) is 5.75 Å². The Bertz CT molecular complexity index is 849. The van der Waals surface area contributed by atoms with Gasteiger partial charge in [0, 0.05) is 23.6 Å². The Morgan fingerprint density at radius 1 is 0.846 bits per heavy atom. The van der Waals surface area contributed by atoms with Crippen molar-refractivity contribution in [2.45, 2.75) is 6.54 Å². The first kappa shape index (κ1) is 17.4. The van der Waals surface area contributed by atoms with Gasteiger partial charge in [-0.2, -0.15) is 0 Å². The van der Waals surface area contributed by atoms with Crippen molar-refractivity contribution in [3.05, 3.63) is 84.4 Å². The number of rotatable bonds is 6. The molecule has 0 bridgehead atoms. The summed E-state index contributed by atoms with van der Waals surface area (Å²) in [5.74, 6) is 0.770. The van der Waals surface area contributed by atoms with E-state index in [1.54, 1.807) is 7.11 Å². The fourth-order valence-electron chi connectivity index (χ4n) is 2.47. The van der Waals surface area contributed by atoms with Gasteiger partial charge in [0.2, 0.25) is 0 Å². The topological polar surface area (TPSA) is 62.4 Å². The average molecular weight is 347 g/mol. The summed E-state index contributed by atoms with van der Waals surface area (Å²) < 4.78 is 5.18. The second kappa shape index (κ2) is 8.58. The smallest absolute Gasteiger partial charge is 0.319 e. The van der Waals surface area contributed by atoms with Gasteiger partial charge in [-0.05, 0) is 54.1 Å². The maximum atomic E-state index is 12.0. The van der Waals surface area contributed by atoms with Crippen LogP contribution >= 0.6 is 0 Å². The molecular formula is C21H21N3O2. The maximum absolute atomic E-state index is 12.0. The van der Waals surface area contributed by atoms with Crippen LogP contribution in [0.3, 0.4) is 0 Å². The van der Waals surface area contributed by atoms with Crippen LogP contribution in [0.15, 0.2) is 78.9 Å². The molecule has 3 rings (SSSR count). The Labute approximate surface area is 153 Å². The highest BCUT2D eigenvalue weighted by Gasteiger charge is 2.03. The number of carbonyl (C=O) groups excluding carboxylic acids is 1. The molecule has 0 unspecified atom stereocenters. The maximum Gasteiger partial charge on any atom is 0.319 e. The molecule has 0 saturated carbocycles. The monoisotopic (exact) mass is 347 g/mol. The molecule has 2 amide bonds. The van der Waals surface area contributed by atoms with Gasteiger partial charge in [0.05, 0.1) is 7.11 Å². The molecule has 3 aromatic rings. The molecular weight excluding hydrogens is 326 g/mol. The van der Waals surface area contributed by atoms with E-state index in [9.17, 15) is 4.79 Å². The quantitative estimate of drug-likeness (QED) is 0.602. The van der Waals surface area contributed by atoms with Crippen LogP contribution in [0.5, 0.6) is 5.75 Å². The van der Waals surface area contributed by atoms with Gasteiger partial charge < -0.3 is 20.7 Å². The third-order valence-corrected chi connectivity index (χ3v) is 3.79. The number of carbonyl (C=O) groups is 1. The van der Waals surface area contributed by atoms with Gasteiger partial charge in [0.15, 0.2) is 0 Å². The molecule has 3 N–H and O–H groups in total. The Morgan fingerprint density at radius 3 is 2.27 bits per heavy atom. The number of nitrogens with one attached hydrogen (secondary N) is 3. The van der Waals surface area contributed by atoms with Crippen molar-refractivity contribution in [1.29, 1.82) is 0 Å². The first-order valence-corrected chi connectivity index (χ1v) is 8.33. The molecule has 0 saturated heterocycles. The number of hydrogen-bond donors (Lipinski definition) is 3. The lowest BCUT2D eigenvalue weighted by molar-refractivity contribution is 0.251. The van der Waals surface area contributed by atoms with Gasteiger partial charge in [-0.25, -0.2) is 4.79 Å². The Hall–Kier alpha value is -3.47. The molecule has 0 atom stereocenters. The zero-order valence-corrected chi connectivity index (χ0v) is 14.5. The highest BCUT2D eigenvalue weighted by Crippen LogP contribution is 2.18. The van der Waals surface area contributed by atoms with E-state index in [1.807, 2.05) is 78.9 Å². The molecule has 5 nitrogen and oxygen atoms in total. The van der Waals surface area contributed by atoms with Crippen LogP contribution in [-0.4, -0.2) is 13.1 Å². The van der Waals surface area contributed by atoms with Gasteiger partial charge in [-0.15, -0.1) is 0 Å². The molecule has 132 valence electrons. The van der Waals surface area contributed by atoms with Crippen LogP contribution in [0.1, 0.15) is 5.56 Å². The first-order chi connectivity index (χ1) is 12.7. The molecule has 26 heavy (non-hydrogen) atoms. The van der Waals surface area contributed by atoms with E-state index >= 15 is 0 Å². The van der Waals surface area contributed by atoms with Crippen LogP contribution in [0.4, 0.5) is 21.9 Å². The zero-order valence-electron chi connectivity index (χ0n) is 14.5. The van der Waals surface area contributed by atoms with E-state index in [4.69, 9.17) is 4.74 Å². The van der Waals surface area contributed by atoms with Gasteiger partial charge in [-0.3, -0.25) is 0 Å². The van der Waals surface area contributed by atoms with E-state index in [1.165, 1.54) is 0 Å². The number of para-hydroxylation sites is 1. The van der Waals surface area contributed by atoms with E-state index in [-0.39, 0.29) is 6.03 Å². The molecule has 3 aromatic carbocycles. The summed E-state index contributed by atoms with van der Waals surface area (Å²) in [6, 6.07) is 24.8. The minimum Gasteiger partial charge on any atom is -0.497 e. The highest BCUT2D eigenvalue weighted by atomic mass is 16.5. The van der Waals surface area contributed by atoms with Crippen molar-refractivity contribution in [2.24, 2.45) is 0 Å². The summed E-state index contributed by atoms with van der Waals surface area (Å²) in [5.41, 5.74) is 3.68. The number of anilines is 3. The summed E-state index contributed by atoms with van der Waals surface area (Å²) in [5, 5.41) is 8.96. The minimum atomic E-state index is -0.253. The van der Waals surface area contributed by atoms with Gasteiger partial charge >= 0.3 is 6.03 Å². The number of methoxy groups -OCH3 is 1. The van der Waals surface area contributed by atoms with Gasteiger partial charge in [0.25, 0.3) is 0 Å². The van der Waals surface area contributed by atoms with Crippen molar-refractivity contribution in [3.8, 4) is 5.75 Å². The van der Waals surface area contributed by atoms with Crippen molar-refractivity contribution in [2.75, 3.05) is 17.7 Å². The lowest BCUT2D eigenvalue weighted by Gasteiger charge is -2.10. The normalized spacial score (nSPS) is 10.0. The zero-order chi connectivity index (χ0) is 18.2. The van der Waals surface area contributed by atoms with E-state index < -0.39 is 0 Å². The van der Waals surface area contributed by atoms with Crippen molar-refractivity contribution >= 4 is 23.1 Å². The molecule has 0 fully saturated rings. The molecule has 0 heterocycles. The third kappa shape index (κ3) is 5.01. The Kier molecular flexibility index (Phi) is 5.72. The van der Waals surface area contributed by atoms with Crippen LogP contribution < -0.4 is 20.7 Å². The summed E-state index contributed by atoms with van der Waals surface area (Å²) in [6.07, 6.45) is 0. The fourth-order valence-corrected chi connectivity index (χ4v) is 2.47. The third-order valence-electron chi connectivity index (χ3n) is 3.79. The lowest BCUT2D eigenvalue weighted by Crippen LogP contribution is -2.28. The first-order valence-electron chi connectivity index (χ1n) is 8.33. The largest absolute Gasteiger partial charge is 0.497 e. The molecule has 0 spiro atoms. The number of ether oxygens (including phenoxy) is 1. The van der Waals surface area contributed by atoms with Crippen LogP contribution in [-0.2, 0) is 6.54 Å². The fraction of sp³-hybridized carbons (Fsp3) is 0.0952. The number of amides is 2. The summed E-state index contributed by atoms with van der Waals surface area (Å²) in [4.78, 5) is 12.0. The van der Waals surface area contributed by atoms with Crippen molar-refractivity contribution < 1.29 is 9.53 Å². The second-order valence-electron chi connectivity index (χ2n) is 5.73. The molecule has 0 aromatic heterocycles. The number of hydrogen-bond acceptors (Lipinski definition) is 3. The standard InChI is InChI=1S/C21H21N3O2/c1-26-20-9-5-6-16(14-20)15-22-21(25)24-19-12-10-18(11-13-19)23-17-7-3-2-4-8-17/h2-14,23H,15H2,1H3,(H2,22,24,25). The molecule has 0 aliphatic heterocycles. The molecule has 5 heteroatoms. The van der Waals surface area contributed by atoms with E-state index in [0.29, 0.717) is 6.54 Å². The SMILES string of the molecule is COc1cccc(CNC(=O)Nc2ccc(Nc3ccccc3)cc2)c1. The molecule has 0 radical (unpaired) electrons. The van der Waals surface area contributed by atoms with Gasteiger partial charge in [-0.1, -0.05) is 30.3 Å². The highest BCUT2D eigenvalue weighted by molar-refractivity contribution is 5.89. The molecule has 0 aliphatic rings. The molecule has 0 aliphatic carbocycles. The Balaban J connectivity index is 1.51. The Morgan fingerprint density at radius 2 is 1.54 bits per heavy atom. The number of benzene rings is 3. The van der Waals surface area contributed by atoms with E-state index in [2.05, 4.69) is 16.0 Å². The van der Waals surface area contributed by atoms with Crippen molar-refractivity contribution in [1.82, 2.24) is 5.32 Å². The lowest BCUT2D eigenvalue weighted by atomic mass is 10.2. The summed E-state index contributed by atoms with van der Waals surface area (Å²) >= 11 is 0. The summed E-state index contributed by atoms with van der Waals surface area (Å²) in [6.45, 7) is 0.427.